The van der Waals surface area contributed by atoms with Gasteiger partial charge in [0, 0.05) is 13.1 Å². The molecule has 0 bridgehead atoms. The van der Waals surface area contributed by atoms with Gasteiger partial charge in [-0.05, 0) is 72.1 Å². The molecule has 3 aromatic carbocycles. The number of benzene rings is 3. The molecule has 3 amide bonds. The summed E-state index contributed by atoms with van der Waals surface area (Å²) in [4.78, 5) is 42.2. The van der Waals surface area contributed by atoms with Crippen LogP contribution < -0.4 is 14.8 Å². The number of phenols is 1. The van der Waals surface area contributed by atoms with Gasteiger partial charge in [0.15, 0.2) is 6.61 Å². The van der Waals surface area contributed by atoms with E-state index in [0.717, 1.165) is 12.1 Å². The number of carbonyl (C=O) groups is 3. The normalized spacial score (nSPS) is 16.8. The van der Waals surface area contributed by atoms with Crippen molar-refractivity contribution in [3.63, 3.8) is 0 Å². The van der Waals surface area contributed by atoms with Crippen LogP contribution in [0.1, 0.15) is 21.5 Å². The number of phenolic OH excluding ortho intramolecular Hbond substituents is 1. The van der Waals surface area contributed by atoms with Gasteiger partial charge in [-0.2, -0.15) is 22.0 Å². The zero-order chi connectivity index (χ0) is 31.1. The highest BCUT2D eigenvalue weighted by Gasteiger charge is 2.40. The highest BCUT2D eigenvalue weighted by molar-refractivity contribution is 6.10. The van der Waals surface area contributed by atoms with Gasteiger partial charge in [0.05, 0.1) is 23.4 Å². The Labute approximate surface area is 241 Å². The molecule has 2 aliphatic heterocycles. The Morgan fingerprint density at radius 2 is 1.81 bits per heavy atom. The number of anilines is 1. The maximum atomic E-state index is 13.5. The molecule has 0 saturated carbocycles. The van der Waals surface area contributed by atoms with Crippen LogP contribution in [0.25, 0.3) is 11.1 Å². The van der Waals surface area contributed by atoms with Gasteiger partial charge in [-0.1, -0.05) is 6.07 Å². The number of alkyl halides is 5. The van der Waals surface area contributed by atoms with Crippen molar-refractivity contribution in [3.05, 3.63) is 71.3 Å². The number of nitrogens with one attached hydrogen (secondary N) is 1. The Balaban J connectivity index is 1.30. The fourth-order valence-corrected chi connectivity index (χ4v) is 4.99. The molecule has 2 N–H and O–H groups in total. The lowest BCUT2D eigenvalue weighted by molar-refractivity contribution is -0.138. The Morgan fingerprint density at radius 1 is 1.05 bits per heavy atom. The maximum Gasteiger partial charge on any atom is 0.416 e. The first-order valence-electron chi connectivity index (χ1n) is 12.9. The molecule has 1 saturated heterocycles. The van der Waals surface area contributed by atoms with Crippen LogP contribution in [0.5, 0.6) is 17.2 Å². The number of ether oxygens (including phenoxy) is 2. The van der Waals surface area contributed by atoms with Gasteiger partial charge < -0.3 is 29.7 Å². The summed E-state index contributed by atoms with van der Waals surface area (Å²) >= 11 is 0. The van der Waals surface area contributed by atoms with E-state index in [4.69, 9.17) is 4.74 Å². The van der Waals surface area contributed by atoms with Gasteiger partial charge in [-0.3, -0.25) is 14.4 Å². The zero-order valence-electron chi connectivity index (χ0n) is 22.5. The average Bonchev–Trinajstić information content (AvgIpc) is 3.04. The highest BCUT2D eigenvalue weighted by Crippen LogP contribution is 2.37. The van der Waals surface area contributed by atoms with Gasteiger partial charge in [-0.15, -0.1) is 0 Å². The number of aromatic hydroxyl groups is 1. The minimum Gasteiger partial charge on any atom is -0.508 e. The molecule has 226 valence electrons. The molecule has 0 spiro atoms. The molecule has 1 fully saturated rings. The lowest BCUT2D eigenvalue weighted by Gasteiger charge is -2.39. The monoisotopic (exact) mass is 605 g/mol. The van der Waals surface area contributed by atoms with E-state index in [1.54, 1.807) is 6.92 Å². The number of amides is 3. The Hall–Kier alpha value is -4.88. The predicted molar refractivity (Wildman–Crippen MR) is 142 cm³/mol. The Kier molecular flexibility index (Phi) is 7.86. The highest BCUT2D eigenvalue weighted by atomic mass is 19.4. The smallest absolute Gasteiger partial charge is 0.416 e. The number of nitrogens with zero attached hydrogens (tertiary/aromatic N) is 2. The molecule has 0 aliphatic carbocycles. The molecule has 0 aromatic heterocycles. The number of fused-ring (bicyclic) bond motifs is 2. The largest absolute Gasteiger partial charge is 0.508 e. The number of hydrogen-bond donors (Lipinski definition) is 2. The lowest BCUT2D eigenvalue weighted by atomic mass is 9.99. The van der Waals surface area contributed by atoms with E-state index in [9.17, 15) is 41.4 Å². The van der Waals surface area contributed by atoms with Crippen molar-refractivity contribution in [1.29, 1.82) is 0 Å². The first kappa shape index (κ1) is 29.6. The van der Waals surface area contributed by atoms with E-state index in [-0.39, 0.29) is 53.5 Å². The van der Waals surface area contributed by atoms with Crippen LogP contribution in [0.15, 0.2) is 54.6 Å². The van der Waals surface area contributed by atoms with E-state index in [0.29, 0.717) is 11.6 Å². The third-order valence-corrected chi connectivity index (χ3v) is 7.11. The quantitative estimate of drug-likeness (QED) is 0.396. The molecule has 3 aromatic rings. The number of aryl methyl sites for hydroxylation is 1. The van der Waals surface area contributed by atoms with Crippen molar-refractivity contribution in [2.75, 3.05) is 31.6 Å². The summed E-state index contributed by atoms with van der Waals surface area (Å²) < 4.78 is 74.6. The van der Waals surface area contributed by atoms with Crippen LogP contribution in [0.2, 0.25) is 0 Å². The minimum atomic E-state index is -4.70. The molecule has 5 rings (SSSR count). The van der Waals surface area contributed by atoms with Crippen LogP contribution >= 0.6 is 0 Å². The lowest BCUT2D eigenvalue weighted by Crippen LogP contribution is -2.60. The number of hydrogen-bond acceptors (Lipinski definition) is 6. The summed E-state index contributed by atoms with van der Waals surface area (Å²) in [5.74, 6) is -1.97. The molecule has 2 heterocycles. The zero-order valence-corrected chi connectivity index (χ0v) is 22.5. The van der Waals surface area contributed by atoms with Crippen molar-refractivity contribution < 1.29 is 50.9 Å². The third kappa shape index (κ3) is 6.32. The Morgan fingerprint density at radius 3 is 2.51 bits per heavy atom. The minimum absolute atomic E-state index is 0.00460. The van der Waals surface area contributed by atoms with Gasteiger partial charge in [0.25, 0.3) is 11.8 Å². The number of rotatable bonds is 6. The standard InChI is InChI=1S/C29H24F5N3O6/c1-15-8-20(43-28(30)31)3-5-24(15)42-14-25(39)36-6-7-37-23(13-36)26(40)35-22-4-2-16(11-21(22)27(37)41)17-9-18(29(32,33)34)12-19(38)10-17/h2-5,8-12,23,28,38H,6-7,13-14H2,1H3,(H,35,40). The van der Waals surface area contributed by atoms with E-state index in [2.05, 4.69) is 10.1 Å². The molecule has 43 heavy (non-hydrogen) atoms. The van der Waals surface area contributed by atoms with Crippen molar-refractivity contribution >= 4 is 23.4 Å². The van der Waals surface area contributed by atoms with Crippen LogP contribution in [-0.2, 0) is 15.8 Å². The molecule has 1 atom stereocenters. The summed E-state index contributed by atoms with van der Waals surface area (Å²) in [6, 6.07) is 9.71. The summed E-state index contributed by atoms with van der Waals surface area (Å²) in [5, 5.41) is 12.5. The molecular formula is C29H24F5N3O6. The van der Waals surface area contributed by atoms with Crippen LogP contribution in [0.3, 0.4) is 0 Å². The predicted octanol–water partition coefficient (Wildman–Crippen LogP) is 4.67. The SMILES string of the molecule is Cc1cc(OC(F)F)ccc1OCC(=O)N1CCN2C(=O)c3cc(-c4cc(O)cc(C(F)(F)F)c4)ccc3NC(=O)C2C1. The molecule has 2 aliphatic rings. The Bertz CT molecular complexity index is 1600. The fourth-order valence-electron chi connectivity index (χ4n) is 4.99. The van der Waals surface area contributed by atoms with E-state index < -0.39 is 54.5 Å². The maximum absolute atomic E-state index is 13.5. The number of carbonyl (C=O) groups excluding carboxylic acids is 3. The second-order valence-electron chi connectivity index (χ2n) is 9.96. The third-order valence-electron chi connectivity index (χ3n) is 7.11. The van der Waals surface area contributed by atoms with Crippen LogP contribution in [0.4, 0.5) is 27.6 Å². The fraction of sp³-hybridized carbons (Fsp3) is 0.276. The molecular weight excluding hydrogens is 581 g/mol. The van der Waals surface area contributed by atoms with Gasteiger partial charge in [0.1, 0.15) is 23.3 Å². The van der Waals surface area contributed by atoms with Crippen molar-refractivity contribution in [2.45, 2.75) is 25.8 Å². The van der Waals surface area contributed by atoms with Gasteiger partial charge >= 0.3 is 12.8 Å². The number of piperazine rings is 1. The first-order valence-corrected chi connectivity index (χ1v) is 12.9. The summed E-state index contributed by atoms with van der Waals surface area (Å²) in [6.45, 7) is -1.87. The topological polar surface area (TPSA) is 108 Å². The van der Waals surface area contributed by atoms with Gasteiger partial charge in [0.2, 0.25) is 5.91 Å². The van der Waals surface area contributed by atoms with Crippen molar-refractivity contribution in [1.82, 2.24) is 9.80 Å². The molecule has 9 nitrogen and oxygen atoms in total. The summed E-state index contributed by atoms with van der Waals surface area (Å²) in [7, 11) is 0. The van der Waals surface area contributed by atoms with Gasteiger partial charge in [-0.25, -0.2) is 0 Å². The van der Waals surface area contributed by atoms with E-state index >= 15 is 0 Å². The summed E-state index contributed by atoms with van der Waals surface area (Å²) in [6.07, 6.45) is -4.70. The number of halogens is 5. The summed E-state index contributed by atoms with van der Waals surface area (Å²) in [5.41, 5.74) is -0.159. The molecule has 1 unspecified atom stereocenters. The van der Waals surface area contributed by atoms with E-state index in [1.807, 2.05) is 0 Å². The average molecular weight is 606 g/mol. The second kappa shape index (κ2) is 11.4. The van der Waals surface area contributed by atoms with E-state index in [1.165, 1.54) is 46.2 Å². The van der Waals surface area contributed by atoms with Crippen LogP contribution in [-0.4, -0.2) is 71.5 Å². The van der Waals surface area contributed by atoms with Crippen LogP contribution in [0, 0.1) is 6.92 Å². The van der Waals surface area contributed by atoms with Crippen molar-refractivity contribution in [3.8, 4) is 28.4 Å². The second-order valence-corrected chi connectivity index (χ2v) is 9.96. The first-order chi connectivity index (χ1) is 20.3. The molecule has 14 heteroatoms. The van der Waals surface area contributed by atoms with Crippen molar-refractivity contribution in [2.24, 2.45) is 0 Å². The molecule has 0 radical (unpaired) electrons.